The molecule has 2 aromatic heterocycles. The van der Waals surface area contributed by atoms with Gasteiger partial charge in [-0.25, -0.2) is 9.78 Å². The number of nitrogens with one attached hydrogen (secondary N) is 1. The normalized spacial score (nSPS) is 10.4. The summed E-state index contributed by atoms with van der Waals surface area (Å²) in [5.74, 6) is 0.823. The van der Waals surface area contributed by atoms with Gasteiger partial charge in [0.15, 0.2) is 0 Å². The molecule has 0 amide bonds. The van der Waals surface area contributed by atoms with E-state index >= 15 is 0 Å². The smallest absolute Gasteiger partial charge is 0.326 e. The lowest BCUT2D eigenvalue weighted by molar-refractivity contribution is 0.692. The largest absolute Gasteiger partial charge is 0.332 e. The number of aromatic nitrogens is 3. The number of pyridine rings is 1. The van der Waals surface area contributed by atoms with Crippen molar-refractivity contribution >= 4 is 23.2 Å². The molecule has 94 valence electrons. The van der Waals surface area contributed by atoms with Crippen molar-refractivity contribution in [1.82, 2.24) is 14.1 Å². The second kappa shape index (κ2) is 4.66. The first-order valence-corrected chi connectivity index (χ1v) is 5.52. The van der Waals surface area contributed by atoms with Gasteiger partial charge in [-0.15, -0.1) is 0 Å². The van der Waals surface area contributed by atoms with E-state index in [1.165, 1.54) is 23.9 Å². The third-order valence-electron chi connectivity index (χ3n) is 2.50. The summed E-state index contributed by atoms with van der Waals surface area (Å²) in [5, 5.41) is 3.39. The van der Waals surface area contributed by atoms with Gasteiger partial charge in [0.05, 0.1) is 0 Å². The Bertz CT molecular complexity index is 705. The lowest BCUT2D eigenvalue weighted by atomic mass is 10.4. The Kier molecular flexibility index (Phi) is 3.20. The molecule has 0 spiro atoms. The third-order valence-corrected chi connectivity index (χ3v) is 2.74. The van der Waals surface area contributed by atoms with Crippen molar-refractivity contribution < 1.29 is 0 Å². The van der Waals surface area contributed by atoms with Gasteiger partial charge in [0.1, 0.15) is 11.6 Å². The van der Waals surface area contributed by atoms with Gasteiger partial charge in [0.25, 0.3) is 5.56 Å². The first kappa shape index (κ1) is 12.4. The van der Waals surface area contributed by atoms with E-state index in [-0.39, 0.29) is 5.56 Å². The molecule has 0 saturated carbocycles. The van der Waals surface area contributed by atoms with Crippen LogP contribution in [0.3, 0.4) is 0 Å². The summed E-state index contributed by atoms with van der Waals surface area (Å²) >= 11 is 5.82. The molecule has 0 aliphatic carbocycles. The molecule has 0 unspecified atom stereocenters. The average molecular weight is 267 g/mol. The molecule has 1 N–H and O–H groups in total. The Morgan fingerprint density at radius 1 is 1.22 bits per heavy atom. The Labute approximate surface area is 107 Å². The van der Waals surface area contributed by atoms with Crippen molar-refractivity contribution in [3.63, 3.8) is 0 Å². The number of hydrogen-bond donors (Lipinski definition) is 1. The summed E-state index contributed by atoms with van der Waals surface area (Å²) in [7, 11) is 2.99. The number of rotatable bonds is 2. The minimum atomic E-state index is -0.410. The molecule has 0 aliphatic rings. The first-order chi connectivity index (χ1) is 8.49. The molecule has 0 fully saturated rings. The minimum absolute atomic E-state index is 0.359. The van der Waals surface area contributed by atoms with Crippen LogP contribution in [-0.2, 0) is 14.1 Å². The number of halogens is 1. The van der Waals surface area contributed by atoms with Crippen LogP contribution in [0.1, 0.15) is 0 Å². The summed E-state index contributed by atoms with van der Waals surface area (Å²) in [4.78, 5) is 27.3. The predicted molar refractivity (Wildman–Crippen MR) is 69.5 cm³/mol. The quantitative estimate of drug-likeness (QED) is 0.876. The van der Waals surface area contributed by atoms with Gasteiger partial charge in [-0.1, -0.05) is 11.6 Å². The first-order valence-electron chi connectivity index (χ1n) is 5.14. The standard InChI is InChI=1S/C11H11ClN4O2/c1-15-9(6-10(17)16(2)11(15)18)14-8-5-7(12)3-4-13-8/h3-6H,1-2H3,(H,13,14). The second-order valence-corrected chi connectivity index (χ2v) is 4.19. The van der Waals surface area contributed by atoms with E-state index in [4.69, 9.17) is 11.6 Å². The Balaban J connectivity index is 2.48. The maximum absolute atomic E-state index is 11.7. The molecule has 18 heavy (non-hydrogen) atoms. The van der Waals surface area contributed by atoms with Gasteiger partial charge in [-0.2, -0.15) is 0 Å². The fourth-order valence-electron chi connectivity index (χ4n) is 1.46. The summed E-state index contributed by atoms with van der Waals surface area (Å²) in [6, 6.07) is 4.56. The van der Waals surface area contributed by atoms with Gasteiger partial charge in [0, 0.05) is 31.4 Å². The van der Waals surface area contributed by atoms with E-state index in [0.717, 1.165) is 4.57 Å². The molecular formula is C11H11ClN4O2. The summed E-state index contributed by atoms with van der Waals surface area (Å²) in [5.41, 5.74) is -0.797. The molecule has 0 saturated heterocycles. The van der Waals surface area contributed by atoms with Crippen molar-refractivity contribution in [2.75, 3.05) is 5.32 Å². The van der Waals surface area contributed by atoms with Crippen LogP contribution in [0.15, 0.2) is 34.0 Å². The molecule has 0 atom stereocenters. The Morgan fingerprint density at radius 2 is 1.94 bits per heavy atom. The summed E-state index contributed by atoms with van der Waals surface area (Å²) in [6.45, 7) is 0. The highest BCUT2D eigenvalue weighted by molar-refractivity contribution is 6.30. The minimum Gasteiger partial charge on any atom is -0.326 e. The van der Waals surface area contributed by atoms with Crippen molar-refractivity contribution in [3.05, 3.63) is 50.3 Å². The van der Waals surface area contributed by atoms with Gasteiger partial charge in [0.2, 0.25) is 0 Å². The predicted octanol–water partition coefficient (Wildman–Crippen LogP) is 0.876. The zero-order chi connectivity index (χ0) is 13.3. The van der Waals surface area contributed by atoms with Crippen molar-refractivity contribution in [2.24, 2.45) is 14.1 Å². The lowest BCUT2D eigenvalue weighted by Gasteiger charge is -2.10. The van der Waals surface area contributed by atoms with Gasteiger partial charge >= 0.3 is 5.69 Å². The fourth-order valence-corrected chi connectivity index (χ4v) is 1.62. The van der Waals surface area contributed by atoms with Crippen LogP contribution >= 0.6 is 11.6 Å². The number of anilines is 2. The molecule has 7 heteroatoms. The average Bonchev–Trinajstić information content (AvgIpc) is 2.33. The highest BCUT2D eigenvalue weighted by Crippen LogP contribution is 2.15. The van der Waals surface area contributed by atoms with Crippen molar-refractivity contribution in [1.29, 1.82) is 0 Å². The Morgan fingerprint density at radius 3 is 2.61 bits per heavy atom. The van der Waals surface area contributed by atoms with Crippen LogP contribution in [-0.4, -0.2) is 14.1 Å². The van der Waals surface area contributed by atoms with Crippen LogP contribution in [0, 0.1) is 0 Å². The third kappa shape index (κ3) is 2.28. The van der Waals surface area contributed by atoms with E-state index in [1.54, 1.807) is 19.2 Å². The molecule has 6 nitrogen and oxygen atoms in total. The maximum Gasteiger partial charge on any atom is 0.332 e. The maximum atomic E-state index is 11.7. The van der Waals surface area contributed by atoms with Gasteiger partial charge < -0.3 is 5.32 Å². The molecule has 2 heterocycles. The summed E-state index contributed by atoms with van der Waals surface area (Å²) in [6.07, 6.45) is 1.53. The molecule has 0 radical (unpaired) electrons. The number of nitrogens with zero attached hydrogens (tertiary/aromatic N) is 3. The van der Waals surface area contributed by atoms with E-state index in [2.05, 4.69) is 10.3 Å². The molecule has 0 bridgehead atoms. The van der Waals surface area contributed by atoms with Crippen LogP contribution in [0.25, 0.3) is 0 Å². The topological polar surface area (TPSA) is 68.9 Å². The van der Waals surface area contributed by atoms with Gasteiger partial charge in [-0.05, 0) is 12.1 Å². The van der Waals surface area contributed by atoms with Crippen molar-refractivity contribution in [2.45, 2.75) is 0 Å². The summed E-state index contributed by atoms with van der Waals surface area (Å²) < 4.78 is 2.35. The van der Waals surface area contributed by atoms with E-state index < -0.39 is 5.69 Å². The van der Waals surface area contributed by atoms with Crippen LogP contribution in [0.4, 0.5) is 11.6 Å². The molecule has 0 aliphatic heterocycles. The SMILES string of the molecule is Cn1c(Nc2cc(Cl)ccn2)cc(=O)n(C)c1=O. The fraction of sp³-hybridized carbons (Fsp3) is 0.182. The highest BCUT2D eigenvalue weighted by Gasteiger charge is 2.06. The zero-order valence-electron chi connectivity index (χ0n) is 9.85. The van der Waals surface area contributed by atoms with E-state index in [0.29, 0.717) is 16.7 Å². The Hall–Kier alpha value is -2.08. The second-order valence-electron chi connectivity index (χ2n) is 3.75. The number of hydrogen-bond acceptors (Lipinski definition) is 4. The van der Waals surface area contributed by atoms with E-state index in [1.807, 2.05) is 0 Å². The van der Waals surface area contributed by atoms with E-state index in [9.17, 15) is 9.59 Å². The van der Waals surface area contributed by atoms with Crippen LogP contribution in [0.2, 0.25) is 5.02 Å². The zero-order valence-corrected chi connectivity index (χ0v) is 10.6. The van der Waals surface area contributed by atoms with Crippen molar-refractivity contribution in [3.8, 4) is 0 Å². The highest BCUT2D eigenvalue weighted by atomic mass is 35.5. The molecule has 2 rings (SSSR count). The van der Waals surface area contributed by atoms with Gasteiger partial charge in [-0.3, -0.25) is 13.9 Å². The van der Waals surface area contributed by atoms with Crippen LogP contribution in [0.5, 0.6) is 0 Å². The molecule has 2 aromatic rings. The lowest BCUT2D eigenvalue weighted by Crippen LogP contribution is -2.37. The van der Waals surface area contributed by atoms with Crippen LogP contribution < -0.4 is 16.6 Å². The molecule has 0 aromatic carbocycles. The monoisotopic (exact) mass is 266 g/mol. The molecular weight excluding hydrogens is 256 g/mol.